The summed E-state index contributed by atoms with van der Waals surface area (Å²) in [6, 6.07) is 16.3. The molecule has 0 atom stereocenters. The van der Waals surface area contributed by atoms with Crippen LogP contribution in [0.1, 0.15) is 363 Å². The topological polar surface area (TPSA) is 153 Å². The highest BCUT2D eigenvalue weighted by Gasteiger charge is 2.50. The lowest BCUT2D eigenvalue weighted by Crippen LogP contribution is -2.35. The molecule has 0 N–H and O–H groups in total. The molecule has 12 nitrogen and oxygen atoms in total. The molecule has 0 aromatic carbocycles. The smallest absolute Gasteiger partial charge is 0.495 e. The number of pyridine rings is 2. The van der Waals surface area contributed by atoms with Gasteiger partial charge in [-0.1, -0.05) is 259 Å². The first-order valence-corrected chi connectivity index (χ1v) is 52.4. The van der Waals surface area contributed by atoms with E-state index in [4.69, 9.17) is 32.1 Å². The van der Waals surface area contributed by atoms with E-state index in [1.54, 1.807) is 61.4 Å². The van der Waals surface area contributed by atoms with Crippen molar-refractivity contribution >= 4 is 154 Å². The van der Waals surface area contributed by atoms with E-state index in [0.717, 1.165) is 118 Å². The summed E-state index contributed by atoms with van der Waals surface area (Å²) >= 11 is 14.5. The largest absolute Gasteiger partial charge is 0.528 e. The van der Waals surface area contributed by atoms with Gasteiger partial charge in [0, 0.05) is 82.9 Å². The van der Waals surface area contributed by atoms with Crippen LogP contribution in [0.5, 0.6) is 23.0 Å². The average Bonchev–Trinajstić information content (AvgIpc) is 1.52. The number of carbonyl (C=O) groups excluding carboxylic acids is 2. The minimum atomic E-state index is -0.611. The van der Waals surface area contributed by atoms with E-state index in [9.17, 15) is 20.1 Å². The van der Waals surface area contributed by atoms with E-state index in [-0.39, 0.29) is 23.0 Å². The Morgan fingerprint density at radius 2 is 0.738 bits per heavy atom. The third-order valence-corrected chi connectivity index (χ3v) is 35.4. The van der Waals surface area contributed by atoms with Crippen LogP contribution in [-0.2, 0) is 11.2 Å². The standard InChI is InChI=1S/C102H118N6O6S8/c1-9-13-17-21-25-29-33-37-41-45-51-101(52-46-42-38-34-30-26-22-18-14-10-2)84-92-80(61-78(117-92)90-76(111-7)59-68(115-90)57-72-82(67(63-103)64-104)70-49-55-107-65-74(70)86(72)109)119-94(84)96-88(113-101)98-99(121-96)89-97(122-98)95-85(102(114-89,53-47-43-39-35-31-27-23-19-15-11-3)54-48-44-40-36-32-28-24-20-16-12-4)93-81(120-95)62-79(118-93)91-77(112-8)60-69(116-91)58-73-83(100(105-5)106-6)71-50-56-108-66-75(71)87(73)110/h49-50,55-62,65-66H,9-48,51-54H2,1-4,7-8H3/b72-57-,73-58-. The van der Waals surface area contributed by atoms with Gasteiger partial charge in [-0.2, -0.15) is 20.2 Å². The lowest BCUT2D eigenvalue weighted by atomic mass is 9.81. The molecule has 0 spiro atoms. The molecule has 4 aliphatic rings. The van der Waals surface area contributed by atoms with Crippen LogP contribution in [0.2, 0.25) is 0 Å². The summed E-state index contributed by atoms with van der Waals surface area (Å²) in [7, 11) is 3.43. The third kappa shape index (κ3) is 19.9. The van der Waals surface area contributed by atoms with Crippen LogP contribution in [0.25, 0.3) is 100 Å². The zero-order valence-corrected chi connectivity index (χ0v) is 79.0. The molecule has 10 aromatic heterocycles. The number of methoxy groups -OCH3 is 2. The number of aromatic nitrogens is 2. The summed E-state index contributed by atoms with van der Waals surface area (Å²) in [6.45, 7) is 25.2. The SMILES string of the molecule is [C-]#[N+]C([N+]#[C-])=C1/C(=C/c2cc(OC)c(-c3cc4sc5c(c4s3)C(CCCCCCCCCCCC)(CCCCCCCCCCCC)Oc3c-5sc4c5c(sc34)-c3sc4cc(-c6sc(/C=C7\C(=O)c8cnccc8C7=C(C#N)C#N)cc6OC)sc4c3C(CCCCCCCCCCCC)(CCCCCCCCCCCC)O5)s2)C(=O)c2cnccc21. The highest BCUT2D eigenvalue weighted by Crippen LogP contribution is 2.69. The van der Waals surface area contributed by atoms with Crippen molar-refractivity contribution in [1.29, 1.82) is 10.5 Å². The Kier molecular flexibility index (Phi) is 32.5. The van der Waals surface area contributed by atoms with Crippen LogP contribution in [0, 0.1) is 35.8 Å². The van der Waals surface area contributed by atoms with E-state index in [2.05, 4.69) is 71.6 Å². The van der Waals surface area contributed by atoms with Crippen molar-refractivity contribution in [3.8, 4) is 74.2 Å². The molecule has 0 amide bonds. The fourth-order valence-electron chi connectivity index (χ4n) is 18.9. The van der Waals surface area contributed by atoms with Gasteiger partial charge in [0.25, 0.3) is 0 Å². The van der Waals surface area contributed by atoms with Crippen molar-refractivity contribution in [3.63, 3.8) is 0 Å². The molecule has 0 fully saturated rings. The highest BCUT2D eigenvalue weighted by atomic mass is 32.1. The number of thiophene rings is 8. The summed E-state index contributed by atoms with van der Waals surface area (Å²) < 4.78 is 36.7. The van der Waals surface area contributed by atoms with Gasteiger partial charge in [-0.3, -0.25) is 19.6 Å². The normalized spacial score (nSPS) is 14.7. The number of ketones is 2. The van der Waals surface area contributed by atoms with Crippen molar-refractivity contribution in [2.45, 2.75) is 321 Å². The molecule has 14 rings (SSSR count). The molecule has 0 radical (unpaired) electrons. The Balaban J connectivity index is 0.887. The Morgan fingerprint density at radius 1 is 0.410 bits per heavy atom. The number of allylic oxidation sites excluding steroid dienone is 5. The van der Waals surface area contributed by atoms with Gasteiger partial charge in [-0.05, 0) is 111 Å². The van der Waals surface area contributed by atoms with Crippen molar-refractivity contribution < 1.29 is 28.5 Å². The van der Waals surface area contributed by atoms with Crippen LogP contribution in [0.4, 0.5) is 0 Å². The van der Waals surface area contributed by atoms with Crippen molar-refractivity contribution in [2.24, 2.45) is 0 Å². The van der Waals surface area contributed by atoms with Gasteiger partial charge >= 0.3 is 5.82 Å². The molecule has 0 bridgehead atoms. The van der Waals surface area contributed by atoms with Crippen LogP contribution < -0.4 is 18.9 Å². The zero-order chi connectivity index (χ0) is 85.0. The maximum atomic E-state index is 14.3. The van der Waals surface area contributed by atoms with Crippen LogP contribution in [0.15, 0.2) is 83.7 Å². The molecule has 0 unspecified atom stereocenters. The molecular formula is C102H118N6O6S8. The number of ether oxygens (including phenoxy) is 4. The maximum absolute atomic E-state index is 14.3. The Labute approximate surface area is 755 Å². The highest BCUT2D eigenvalue weighted by molar-refractivity contribution is 7.38. The molecule has 2 aliphatic heterocycles. The maximum Gasteiger partial charge on any atom is 0.528 e. The fraction of sp³-hybridized carbons (Fsp3) is 0.510. The lowest BCUT2D eigenvalue weighted by molar-refractivity contribution is 0.0421. The molecule has 12 heterocycles. The van der Waals surface area contributed by atoms with E-state index >= 15 is 0 Å². The number of rotatable bonds is 50. The van der Waals surface area contributed by atoms with Gasteiger partial charge < -0.3 is 18.9 Å². The second-order valence-corrected chi connectivity index (χ2v) is 42.3. The number of Topliss-reactive ketones (excluding diaryl/α,β-unsaturated/α-hetero) is 2. The van der Waals surface area contributed by atoms with Crippen molar-refractivity contribution in [2.75, 3.05) is 14.2 Å². The molecule has 0 saturated carbocycles. The first-order valence-electron chi connectivity index (χ1n) is 45.9. The summed E-state index contributed by atoms with van der Waals surface area (Å²) in [5, 5.41) is 20.5. The number of hydrogen-bond acceptors (Lipinski definition) is 18. The van der Waals surface area contributed by atoms with Gasteiger partial charge in [-0.25, -0.2) is 0 Å². The van der Waals surface area contributed by atoms with E-state index < -0.39 is 11.2 Å². The second kappa shape index (κ2) is 43.8. The predicted molar refractivity (Wildman–Crippen MR) is 519 cm³/mol. The van der Waals surface area contributed by atoms with Crippen molar-refractivity contribution in [1.82, 2.24) is 9.97 Å². The fourth-order valence-corrected chi connectivity index (χ4v) is 29.7. The second-order valence-electron chi connectivity index (χ2n) is 33.9. The van der Waals surface area contributed by atoms with Gasteiger partial charge in [-0.15, -0.1) is 90.7 Å². The first-order chi connectivity index (χ1) is 59.9. The molecule has 2 aliphatic carbocycles. The monoisotopic (exact) mass is 1780 g/mol. The molecule has 122 heavy (non-hydrogen) atoms. The predicted octanol–water partition coefficient (Wildman–Crippen LogP) is 34.4. The first kappa shape index (κ1) is 90.4. The molecule has 0 saturated heterocycles. The van der Waals surface area contributed by atoms with Gasteiger partial charge in [0.2, 0.25) is 0 Å². The number of hydrogen-bond donors (Lipinski definition) is 0. The van der Waals surface area contributed by atoms with E-state index in [1.165, 1.54) is 277 Å². The van der Waals surface area contributed by atoms with Crippen molar-refractivity contribution in [3.05, 3.63) is 150 Å². The summed E-state index contributed by atoms with van der Waals surface area (Å²) in [4.78, 5) is 55.1. The van der Waals surface area contributed by atoms with Gasteiger partial charge in [0.15, 0.2) is 23.1 Å². The number of fused-ring (bicyclic) bond motifs is 15. The third-order valence-electron chi connectivity index (χ3n) is 25.3. The summed E-state index contributed by atoms with van der Waals surface area (Å²) in [5.74, 6) is 2.83. The Hall–Kier alpha value is -7.86. The molecule has 10 aromatic rings. The van der Waals surface area contributed by atoms with E-state index in [1.807, 2.05) is 92.3 Å². The Bertz CT molecular complexity index is 5220. The number of unbranched alkanes of at least 4 members (excludes halogenated alkanes) is 36. The molecule has 640 valence electrons. The quantitative estimate of drug-likeness (QED) is 0.0156. The summed E-state index contributed by atoms with van der Waals surface area (Å²) in [6.07, 6.45) is 63.6. The van der Waals surface area contributed by atoms with Crippen LogP contribution in [0.3, 0.4) is 0 Å². The number of nitrogens with zero attached hydrogens (tertiary/aromatic N) is 6. The molecule has 20 heteroatoms. The van der Waals surface area contributed by atoms with Gasteiger partial charge in [0.1, 0.15) is 53.6 Å². The Morgan fingerprint density at radius 3 is 1.07 bits per heavy atom. The minimum Gasteiger partial charge on any atom is -0.495 e. The average molecular weight is 1780 g/mol. The summed E-state index contributed by atoms with van der Waals surface area (Å²) in [5.41, 5.74) is 4.56. The van der Waals surface area contributed by atoms with E-state index in [0.29, 0.717) is 56.0 Å². The van der Waals surface area contributed by atoms with Crippen LogP contribution >= 0.6 is 90.7 Å². The number of nitriles is 2. The number of carbonyl (C=O) groups is 2. The minimum absolute atomic E-state index is 0.108. The lowest BCUT2D eigenvalue weighted by Gasteiger charge is -2.39. The zero-order valence-electron chi connectivity index (χ0n) is 72.4. The van der Waals surface area contributed by atoms with Gasteiger partial charge in [0.05, 0.1) is 77.6 Å². The van der Waals surface area contributed by atoms with Crippen LogP contribution in [-0.4, -0.2) is 35.8 Å². The molecular weight excluding hydrogens is 1660 g/mol.